The first kappa shape index (κ1) is 12.8. The summed E-state index contributed by atoms with van der Waals surface area (Å²) in [6.45, 7) is 3.03. The molecule has 1 aliphatic heterocycles. The highest BCUT2D eigenvalue weighted by molar-refractivity contribution is 5.60. The second-order valence-corrected chi connectivity index (χ2v) is 5.13. The third-order valence-electron chi connectivity index (χ3n) is 3.54. The first-order chi connectivity index (χ1) is 9.63. The number of anilines is 2. The molecular formula is C14H16FN5. The summed E-state index contributed by atoms with van der Waals surface area (Å²) in [5.74, 6) is 1.22. The predicted octanol–water partition coefficient (Wildman–Crippen LogP) is 1.91. The molecule has 3 heterocycles. The highest BCUT2D eigenvalue weighted by Gasteiger charge is 2.29. The Bertz CT molecular complexity index is 591. The molecule has 2 atom stereocenters. The van der Waals surface area contributed by atoms with Gasteiger partial charge in [-0.05, 0) is 12.1 Å². The van der Waals surface area contributed by atoms with E-state index in [1.807, 2.05) is 24.0 Å². The SMILES string of the molecule is CC1CN(c2ccc(-c3cncc(N)n3)cn2)CC1F. The highest BCUT2D eigenvalue weighted by atomic mass is 19.1. The number of nitrogens with two attached hydrogens (primary N) is 1. The van der Waals surface area contributed by atoms with E-state index >= 15 is 0 Å². The first-order valence-electron chi connectivity index (χ1n) is 6.56. The zero-order chi connectivity index (χ0) is 14.1. The molecule has 0 spiro atoms. The molecule has 0 aromatic carbocycles. The van der Waals surface area contributed by atoms with Gasteiger partial charge in [-0.15, -0.1) is 0 Å². The fraction of sp³-hybridized carbons (Fsp3) is 0.357. The fourth-order valence-electron chi connectivity index (χ4n) is 2.36. The second kappa shape index (κ2) is 5.03. The minimum Gasteiger partial charge on any atom is -0.382 e. The van der Waals surface area contributed by atoms with Crippen LogP contribution in [0.5, 0.6) is 0 Å². The summed E-state index contributed by atoms with van der Waals surface area (Å²) < 4.78 is 13.5. The van der Waals surface area contributed by atoms with E-state index in [1.54, 1.807) is 12.4 Å². The van der Waals surface area contributed by atoms with Crippen LogP contribution in [-0.4, -0.2) is 34.2 Å². The second-order valence-electron chi connectivity index (χ2n) is 5.13. The Morgan fingerprint density at radius 3 is 2.70 bits per heavy atom. The Labute approximate surface area is 116 Å². The maximum atomic E-state index is 13.5. The summed E-state index contributed by atoms with van der Waals surface area (Å²) in [7, 11) is 0. The molecule has 20 heavy (non-hydrogen) atoms. The van der Waals surface area contributed by atoms with Gasteiger partial charge in [0.15, 0.2) is 0 Å². The smallest absolute Gasteiger partial charge is 0.142 e. The van der Waals surface area contributed by atoms with Crippen molar-refractivity contribution in [3.05, 3.63) is 30.7 Å². The number of alkyl halides is 1. The Morgan fingerprint density at radius 2 is 2.10 bits per heavy atom. The number of aromatic nitrogens is 3. The molecule has 2 aromatic heterocycles. The average molecular weight is 273 g/mol. The van der Waals surface area contributed by atoms with Crippen molar-refractivity contribution in [2.75, 3.05) is 23.7 Å². The molecule has 1 fully saturated rings. The normalized spacial score (nSPS) is 22.2. The zero-order valence-corrected chi connectivity index (χ0v) is 11.2. The van der Waals surface area contributed by atoms with Crippen molar-refractivity contribution in [2.24, 2.45) is 5.92 Å². The predicted molar refractivity (Wildman–Crippen MR) is 75.9 cm³/mol. The summed E-state index contributed by atoms with van der Waals surface area (Å²) in [5.41, 5.74) is 7.14. The summed E-state index contributed by atoms with van der Waals surface area (Å²) in [4.78, 5) is 14.6. The van der Waals surface area contributed by atoms with Crippen LogP contribution in [0.15, 0.2) is 30.7 Å². The Morgan fingerprint density at radius 1 is 1.25 bits per heavy atom. The van der Waals surface area contributed by atoms with Crippen LogP contribution in [0.2, 0.25) is 0 Å². The van der Waals surface area contributed by atoms with Crippen LogP contribution in [0, 0.1) is 5.92 Å². The number of hydrogen-bond donors (Lipinski definition) is 1. The molecule has 6 heteroatoms. The molecule has 5 nitrogen and oxygen atoms in total. The van der Waals surface area contributed by atoms with Gasteiger partial charge in [-0.2, -0.15) is 0 Å². The molecule has 0 bridgehead atoms. The van der Waals surface area contributed by atoms with E-state index in [-0.39, 0.29) is 5.92 Å². The van der Waals surface area contributed by atoms with Gasteiger partial charge in [0.05, 0.1) is 24.6 Å². The van der Waals surface area contributed by atoms with Crippen LogP contribution in [0.4, 0.5) is 16.0 Å². The van der Waals surface area contributed by atoms with E-state index in [4.69, 9.17) is 5.73 Å². The van der Waals surface area contributed by atoms with Crippen molar-refractivity contribution >= 4 is 11.6 Å². The molecule has 2 unspecified atom stereocenters. The van der Waals surface area contributed by atoms with Crippen LogP contribution in [0.3, 0.4) is 0 Å². The van der Waals surface area contributed by atoms with Gasteiger partial charge < -0.3 is 10.6 Å². The summed E-state index contributed by atoms with van der Waals surface area (Å²) in [6, 6.07) is 3.78. The molecule has 2 N–H and O–H groups in total. The number of nitrogens with zero attached hydrogens (tertiary/aromatic N) is 4. The highest BCUT2D eigenvalue weighted by Crippen LogP contribution is 2.25. The third kappa shape index (κ3) is 2.41. The summed E-state index contributed by atoms with van der Waals surface area (Å²) >= 11 is 0. The Hall–Kier alpha value is -2.24. The summed E-state index contributed by atoms with van der Waals surface area (Å²) in [5, 5.41) is 0. The minimum atomic E-state index is -0.781. The maximum Gasteiger partial charge on any atom is 0.142 e. The van der Waals surface area contributed by atoms with Gasteiger partial charge in [-0.3, -0.25) is 4.98 Å². The lowest BCUT2D eigenvalue weighted by Crippen LogP contribution is -2.21. The number of rotatable bonds is 2. The van der Waals surface area contributed by atoms with Crippen molar-refractivity contribution in [2.45, 2.75) is 13.1 Å². The van der Waals surface area contributed by atoms with Gasteiger partial charge in [0, 0.05) is 24.2 Å². The molecule has 0 saturated carbocycles. The van der Waals surface area contributed by atoms with Crippen molar-refractivity contribution in [1.29, 1.82) is 0 Å². The Balaban J connectivity index is 1.82. The van der Waals surface area contributed by atoms with E-state index in [9.17, 15) is 4.39 Å². The molecule has 1 aliphatic rings. The standard InChI is InChI=1S/C14H16FN5/c1-9-7-20(8-11(9)15)14-3-2-10(4-18-14)12-5-17-6-13(16)19-12/h2-6,9,11H,7-8H2,1H3,(H2,16,19). The topological polar surface area (TPSA) is 67.9 Å². The van der Waals surface area contributed by atoms with E-state index in [0.717, 1.165) is 11.4 Å². The lowest BCUT2D eigenvalue weighted by atomic mass is 10.1. The van der Waals surface area contributed by atoms with Gasteiger partial charge in [0.2, 0.25) is 0 Å². The Kier molecular flexibility index (Phi) is 3.22. The van der Waals surface area contributed by atoms with Gasteiger partial charge >= 0.3 is 0 Å². The number of halogens is 1. The molecule has 3 rings (SSSR count). The lowest BCUT2D eigenvalue weighted by Gasteiger charge is -2.16. The number of hydrogen-bond acceptors (Lipinski definition) is 5. The minimum absolute atomic E-state index is 0.0521. The number of nitrogen functional groups attached to an aromatic ring is 1. The molecule has 0 radical (unpaired) electrons. The van der Waals surface area contributed by atoms with Crippen molar-refractivity contribution in [1.82, 2.24) is 15.0 Å². The summed E-state index contributed by atoms with van der Waals surface area (Å²) in [6.07, 6.45) is 4.08. The van der Waals surface area contributed by atoms with E-state index in [2.05, 4.69) is 15.0 Å². The molecule has 0 amide bonds. The average Bonchev–Trinajstić information content (AvgIpc) is 2.79. The van der Waals surface area contributed by atoms with Gasteiger partial charge in [-0.1, -0.05) is 6.92 Å². The van der Waals surface area contributed by atoms with E-state index in [1.165, 1.54) is 6.20 Å². The fourth-order valence-corrected chi connectivity index (χ4v) is 2.36. The quantitative estimate of drug-likeness (QED) is 0.905. The van der Waals surface area contributed by atoms with Gasteiger partial charge in [0.1, 0.15) is 17.8 Å². The molecule has 0 aliphatic carbocycles. The monoisotopic (exact) mass is 273 g/mol. The van der Waals surface area contributed by atoms with Crippen LogP contribution >= 0.6 is 0 Å². The molecule has 1 saturated heterocycles. The van der Waals surface area contributed by atoms with Crippen LogP contribution in [0.25, 0.3) is 11.3 Å². The molecular weight excluding hydrogens is 257 g/mol. The molecule has 104 valence electrons. The van der Waals surface area contributed by atoms with Crippen molar-refractivity contribution in [3.8, 4) is 11.3 Å². The third-order valence-corrected chi connectivity index (χ3v) is 3.54. The van der Waals surface area contributed by atoms with E-state index in [0.29, 0.717) is 24.6 Å². The van der Waals surface area contributed by atoms with E-state index < -0.39 is 6.17 Å². The van der Waals surface area contributed by atoms with Gasteiger partial charge in [0.25, 0.3) is 0 Å². The van der Waals surface area contributed by atoms with Gasteiger partial charge in [-0.25, -0.2) is 14.4 Å². The molecule has 2 aromatic rings. The van der Waals surface area contributed by atoms with Crippen LogP contribution < -0.4 is 10.6 Å². The van der Waals surface area contributed by atoms with Crippen LogP contribution in [-0.2, 0) is 0 Å². The maximum absolute atomic E-state index is 13.5. The van der Waals surface area contributed by atoms with Crippen molar-refractivity contribution in [3.63, 3.8) is 0 Å². The zero-order valence-electron chi connectivity index (χ0n) is 11.2. The van der Waals surface area contributed by atoms with Crippen molar-refractivity contribution < 1.29 is 4.39 Å². The largest absolute Gasteiger partial charge is 0.382 e. The number of pyridine rings is 1. The lowest BCUT2D eigenvalue weighted by molar-refractivity contribution is 0.299. The first-order valence-corrected chi connectivity index (χ1v) is 6.56. The van der Waals surface area contributed by atoms with Crippen LogP contribution in [0.1, 0.15) is 6.92 Å².